The van der Waals surface area contributed by atoms with Crippen molar-refractivity contribution in [2.45, 2.75) is 13.8 Å². The Morgan fingerprint density at radius 1 is 1.00 bits per heavy atom. The summed E-state index contributed by atoms with van der Waals surface area (Å²) < 4.78 is 2.08. The number of nitrogens with zero attached hydrogens (tertiary/aromatic N) is 4. The third-order valence-electron chi connectivity index (χ3n) is 4.26. The number of aromatic nitrogens is 1. The van der Waals surface area contributed by atoms with E-state index in [-0.39, 0.29) is 11.4 Å². The van der Waals surface area contributed by atoms with Gasteiger partial charge in [-0.05, 0) is 38.1 Å². The molecule has 0 bridgehead atoms. The van der Waals surface area contributed by atoms with Crippen molar-refractivity contribution in [1.29, 1.82) is 0 Å². The van der Waals surface area contributed by atoms with Crippen molar-refractivity contribution >= 4 is 23.3 Å². The van der Waals surface area contributed by atoms with Crippen LogP contribution in [-0.2, 0) is 0 Å². The normalized spacial score (nSPS) is 10.9. The molecule has 9 heteroatoms. The molecule has 9 nitrogen and oxygen atoms in total. The van der Waals surface area contributed by atoms with Gasteiger partial charge in [-0.2, -0.15) is 5.10 Å². The van der Waals surface area contributed by atoms with Gasteiger partial charge in [-0.1, -0.05) is 18.2 Å². The molecule has 0 saturated heterocycles. The molecule has 2 aromatic carbocycles. The first-order valence-electron chi connectivity index (χ1n) is 8.34. The van der Waals surface area contributed by atoms with Gasteiger partial charge in [-0.15, -0.1) is 0 Å². The average molecular weight is 379 g/mol. The number of hydrogen-bond acceptors (Lipinski definition) is 6. The van der Waals surface area contributed by atoms with Crippen molar-refractivity contribution in [3.63, 3.8) is 0 Å². The summed E-state index contributed by atoms with van der Waals surface area (Å²) in [5, 5.41) is 26.1. The van der Waals surface area contributed by atoms with Gasteiger partial charge in [0.15, 0.2) is 0 Å². The molecule has 0 aliphatic rings. The predicted molar refractivity (Wildman–Crippen MR) is 106 cm³/mol. The molecule has 1 heterocycles. The highest BCUT2D eigenvalue weighted by molar-refractivity contribution is 5.83. The van der Waals surface area contributed by atoms with Crippen molar-refractivity contribution in [1.82, 2.24) is 4.57 Å². The van der Waals surface area contributed by atoms with Gasteiger partial charge >= 0.3 is 5.69 Å². The summed E-state index contributed by atoms with van der Waals surface area (Å²) in [4.78, 5) is 20.6. The monoisotopic (exact) mass is 379 g/mol. The molecule has 0 radical (unpaired) electrons. The third kappa shape index (κ3) is 3.73. The largest absolute Gasteiger partial charge is 0.318 e. The third-order valence-corrected chi connectivity index (χ3v) is 4.26. The summed E-state index contributed by atoms with van der Waals surface area (Å²) in [5.74, 6) is 0. The smallest absolute Gasteiger partial charge is 0.301 e. The van der Waals surface area contributed by atoms with E-state index in [4.69, 9.17) is 0 Å². The Bertz CT molecular complexity index is 1070. The van der Waals surface area contributed by atoms with Gasteiger partial charge in [0.05, 0.1) is 22.1 Å². The highest BCUT2D eigenvalue weighted by Gasteiger charge is 2.19. The fourth-order valence-electron chi connectivity index (χ4n) is 2.94. The molecule has 3 rings (SSSR count). The standard InChI is InChI=1S/C19H17N5O4/c1-13-10-15(14(2)22(13)16-6-4-3-5-7-16)12-20-21-18-9-8-17(23(25)26)11-19(18)24(27)28/h3-12,21H,1-2H3/b20-12-. The number of benzene rings is 2. The maximum Gasteiger partial charge on any atom is 0.301 e. The topological polar surface area (TPSA) is 116 Å². The van der Waals surface area contributed by atoms with Crippen LogP contribution in [0.25, 0.3) is 5.69 Å². The van der Waals surface area contributed by atoms with E-state index in [9.17, 15) is 20.2 Å². The van der Waals surface area contributed by atoms with Crippen LogP contribution in [-0.4, -0.2) is 20.6 Å². The number of nitro benzene ring substituents is 2. The van der Waals surface area contributed by atoms with Crippen LogP contribution in [0.4, 0.5) is 17.1 Å². The first-order chi connectivity index (χ1) is 13.4. The van der Waals surface area contributed by atoms with E-state index in [0.29, 0.717) is 0 Å². The Labute approximate surface area is 160 Å². The van der Waals surface area contributed by atoms with Crippen molar-refractivity contribution < 1.29 is 9.85 Å². The number of non-ortho nitro benzene ring substituents is 1. The van der Waals surface area contributed by atoms with E-state index in [0.717, 1.165) is 28.7 Å². The van der Waals surface area contributed by atoms with Crippen LogP contribution >= 0.6 is 0 Å². The molecule has 0 amide bonds. The van der Waals surface area contributed by atoms with Gasteiger partial charge in [-0.25, -0.2) is 0 Å². The Morgan fingerprint density at radius 3 is 2.36 bits per heavy atom. The summed E-state index contributed by atoms with van der Waals surface area (Å²) in [6, 6.07) is 15.2. The summed E-state index contributed by atoms with van der Waals surface area (Å²) >= 11 is 0. The van der Waals surface area contributed by atoms with Crippen molar-refractivity contribution in [2.24, 2.45) is 5.10 Å². The van der Waals surface area contributed by atoms with Crippen LogP contribution in [0.15, 0.2) is 59.7 Å². The van der Waals surface area contributed by atoms with E-state index in [1.807, 2.05) is 50.2 Å². The van der Waals surface area contributed by atoms with E-state index in [1.165, 1.54) is 12.1 Å². The molecule has 0 aliphatic carbocycles. The van der Waals surface area contributed by atoms with Crippen LogP contribution in [0.1, 0.15) is 17.0 Å². The second-order valence-electron chi connectivity index (χ2n) is 6.08. The van der Waals surface area contributed by atoms with Gasteiger partial charge in [-0.3, -0.25) is 25.7 Å². The van der Waals surface area contributed by atoms with Gasteiger partial charge in [0, 0.05) is 28.7 Å². The van der Waals surface area contributed by atoms with E-state index in [1.54, 1.807) is 6.21 Å². The number of hydrogen-bond donors (Lipinski definition) is 1. The second-order valence-corrected chi connectivity index (χ2v) is 6.08. The molecule has 0 unspecified atom stereocenters. The maximum atomic E-state index is 11.2. The van der Waals surface area contributed by atoms with Crippen LogP contribution in [0, 0.1) is 34.1 Å². The average Bonchev–Trinajstić information content (AvgIpc) is 2.95. The summed E-state index contributed by atoms with van der Waals surface area (Å²) in [6.45, 7) is 3.93. The lowest BCUT2D eigenvalue weighted by molar-refractivity contribution is -0.393. The number of nitrogens with one attached hydrogen (secondary N) is 1. The van der Waals surface area contributed by atoms with Crippen LogP contribution in [0.3, 0.4) is 0 Å². The summed E-state index contributed by atoms with van der Waals surface area (Å²) in [6.07, 6.45) is 1.56. The van der Waals surface area contributed by atoms with Gasteiger partial charge in [0.25, 0.3) is 5.69 Å². The lowest BCUT2D eigenvalue weighted by Crippen LogP contribution is -2.00. The minimum atomic E-state index is -0.688. The van der Waals surface area contributed by atoms with Crippen LogP contribution < -0.4 is 5.43 Å². The molecule has 3 aromatic rings. The summed E-state index contributed by atoms with van der Waals surface area (Å²) in [7, 11) is 0. The molecular formula is C19H17N5O4. The van der Waals surface area contributed by atoms with Gasteiger partial charge in [0.2, 0.25) is 0 Å². The minimum Gasteiger partial charge on any atom is -0.318 e. The first kappa shape index (κ1) is 18.8. The Kier molecular flexibility index (Phi) is 5.16. The zero-order valence-electron chi connectivity index (χ0n) is 15.2. The fourth-order valence-corrected chi connectivity index (χ4v) is 2.94. The van der Waals surface area contributed by atoms with Crippen molar-refractivity contribution in [2.75, 3.05) is 5.43 Å². The zero-order valence-corrected chi connectivity index (χ0v) is 15.2. The lowest BCUT2D eigenvalue weighted by Gasteiger charge is -2.09. The molecule has 28 heavy (non-hydrogen) atoms. The Balaban J connectivity index is 1.86. The fraction of sp³-hybridized carbons (Fsp3) is 0.105. The van der Waals surface area contributed by atoms with Crippen LogP contribution in [0.5, 0.6) is 0 Å². The molecule has 0 spiro atoms. The van der Waals surface area contributed by atoms with Gasteiger partial charge in [0.1, 0.15) is 5.69 Å². The molecule has 1 aromatic heterocycles. The highest BCUT2D eigenvalue weighted by atomic mass is 16.6. The van der Waals surface area contributed by atoms with Crippen molar-refractivity contribution in [3.05, 3.63) is 91.8 Å². The molecule has 0 aliphatic heterocycles. The Morgan fingerprint density at radius 2 is 1.71 bits per heavy atom. The molecule has 0 fully saturated rings. The van der Waals surface area contributed by atoms with Crippen LogP contribution in [0.2, 0.25) is 0 Å². The quantitative estimate of drug-likeness (QED) is 0.388. The molecule has 1 N–H and O–H groups in total. The lowest BCUT2D eigenvalue weighted by atomic mass is 10.2. The minimum absolute atomic E-state index is 0.0729. The molecular weight excluding hydrogens is 362 g/mol. The van der Waals surface area contributed by atoms with Gasteiger partial charge < -0.3 is 4.57 Å². The molecule has 0 atom stereocenters. The number of hydrazone groups is 1. The SMILES string of the molecule is Cc1cc(/C=N\Nc2ccc([N+](=O)[O-])cc2[N+](=O)[O-])c(C)n1-c1ccccc1. The number of rotatable bonds is 6. The second kappa shape index (κ2) is 7.70. The van der Waals surface area contributed by atoms with E-state index >= 15 is 0 Å². The van der Waals surface area contributed by atoms with E-state index in [2.05, 4.69) is 15.1 Å². The number of aryl methyl sites for hydroxylation is 1. The number of para-hydroxylation sites is 1. The molecule has 0 saturated carbocycles. The Hall–Kier alpha value is -4.01. The number of nitro groups is 2. The molecule has 142 valence electrons. The number of anilines is 1. The first-order valence-corrected chi connectivity index (χ1v) is 8.34. The predicted octanol–water partition coefficient (Wildman–Crippen LogP) is 4.36. The zero-order chi connectivity index (χ0) is 20.3. The van der Waals surface area contributed by atoms with Crippen molar-refractivity contribution in [3.8, 4) is 5.69 Å². The summed E-state index contributed by atoms with van der Waals surface area (Å²) in [5.41, 5.74) is 5.76. The maximum absolute atomic E-state index is 11.2. The highest BCUT2D eigenvalue weighted by Crippen LogP contribution is 2.29. The van der Waals surface area contributed by atoms with E-state index < -0.39 is 15.5 Å².